The summed E-state index contributed by atoms with van der Waals surface area (Å²) < 4.78 is 0.941. The topological polar surface area (TPSA) is 41.1 Å². The quantitative estimate of drug-likeness (QED) is 0.852. The SMILES string of the molecule is Cc1ccc(NCC(=O)Nc2ccc(Cl)cc2)c(Br)c1. The number of aryl methyl sites for hydroxylation is 1. The van der Waals surface area contributed by atoms with Gasteiger partial charge in [0.1, 0.15) is 0 Å². The molecule has 0 aliphatic carbocycles. The maximum absolute atomic E-state index is 11.8. The van der Waals surface area contributed by atoms with Crippen molar-refractivity contribution in [3.05, 3.63) is 57.5 Å². The average molecular weight is 354 g/mol. The van der Waals surface area contributed by atoms with Crippen LogP contribution in [0.5, 0.6) is 0 Å². The first-order chi connectivity index (χ1) is 9.54. The number of benzene rings is 2. The summed E-state index contributed by atoms with van der Waals surface area (Å²) in [5.74, 6) is -0.111. The molecular weight excluding hydrogens is 340 g/mol. The van der Waals surface area contributed by atoms with Gasteiger partial charge in [-0.05, 0) is 64.8 Å². The van der Waals surface area contributed by atoms with Crippen LogP contribution in [0, 0.1) is 6.92 Å². The Morgan fingerprint density at radius 2 is 1.90 bits per heavy atom. The fourth-order valence-electron chi connectivity index (χ4n) is 1.68. The van der Waals surface area contributed by atoms with Crippen LogP contribution < -0.4 is 10.6 Å². The molecule has 2 rings (SSSR count). The normalized spacial score (nSPS) is 10.2. The summed E-state index contributed by atoms with van der Waals surface area (Å²) in [5, 5.41) is 6.52. The van der Waals surface area contributed by atoms with Gasteiger partial charge in [-0.15, -0.1) is 0 Å². The van der Waals surface area contributed by atoms with E-state index in [1.54, 1.807) is 24.3 Å². The highest BCUT2D eigenvalue weighted by atomic mass is 79.9. The molecule has 104 valence electrons. The highest BCUT2D eigenvalue weighted by Crippen LogP contribution is 2.23. The maximum atomic E-state index is 11.8. The molecule has 3 nitrogen and oxygen atoms in total. The summed E-state index contributed by atoms with van der Waals surface area (Å²) in [6, 6.07) is 12.9. The summed E-state index contributed by atoms with van der Waals surface area (Å²) in [5.41, 5.74) is 2.78. The number of nitrogens with one attached hydrogen (secondary N) is 2. The molecule has 0 saturated carbocycles. The van der Waals surface area contributed by atoms with Crippen LogP contribution in [0.25, 0.3) is 0 Å². The van der Waals surface area contributed by atoms with Gasteiger partial charge in [0.15, 0.2) is 0 Å². The van der Waals surface area contributed by atoms with Crippen LogP contribution in [-0.4, -0.2) is 12.5 Å². The molecule has 0 spiro atoms. The van der Waals surface area contributed by atoms with Crippen molar-refractivity contribution >= 4 is 44.8 Å². The molecule has 0 radical (unpaired) electrons. The Kier molecular flexibility index (Phi) is 5.04. The van der Waals surface area contributed by atoms with Crippen LogP contribution in [0.4, 0.5) is 11.4 Å². The van der Waals surface area contributed by atoms with Crippen LogP contribution in [0.3, 0.4) is 0 Å². The smallest absolute Gasteiger partial charge is 0.243 e. The van der Waals surface area contributed by atoms with E-state index in [4.69, 9.17) is 11.6 Å². The third kappa shape index (κ3) is 4.25. The van der Waals surface area contributed by atoms with E-state index in [1.807, 2.05) is 25.1 Å². The summed E-state index contributed by atoms with van der Waals surface area (Å²) >= 11 is 9.25. The monoisotopic (exact) mass is 352 g/mol. The number of anilines is 2. The van der Waals surface area contributed by atoms with E-state index in [9.17, 15) is 4.79 Å². The van der Waals surface area contributed by atoms with Crippen LogP contribution in [0.2, 0.25) is 5.02 Å². The lowest BCUT2D eigenvalue weighted by Gasteiger charge is -2.10. The number of carbonyl (C=O) groups excluding carboxylic acids is 1. The Hall–Kier alpha value is -1.52. The second kappa shape index (κ2) is 6.77. The second-order valence-electron chi connectivity index (χ2n) is 4.39. The van der Waals surface area contributed by atoms with Gasteiger partial charge in [0.25, 0.3) is 0 Å². The Balaban J connectivity index is 1.90. The zero-order valence-corrected chi connectivity index (χ0v) is 13.3. The highest BCUT2D eigenvalue weighted by Gasteiger charge is 2.04. The summed E-state index contributed by atoms with van der Waals surface area (Å²) in [6.07, 6.45) is 0. The molecule has 0 unspecified atom stereocenters. The summed E-state index contributed by atoms with van der Waals surface area (Å²) in [7, 11) is 0. The van der Waals surface area contributed by atoms with Gasteiger partial charge >= 0.3 is 0 Å². The standard InChI is InChI=1S/C15H14BrClN2O/c1-10-2-7-14(13(16)8-10)18-9-15(20)19-12-5-3-11(17)4-6-12/h2-8,18H,9H2,1H3,(H,19,20). The minimum Gasteiger partial charge on any atom is -0.375 e. The molecule has 5 heteroatoms. The first kappa shape index (κ1) is 14.9. The fourth-order valence-corrected chi connectivity index (χ4v) is 2.44. The van der Waals surface area contributed by atoms with Gasteiger partial charge in [-0.25, -0.2) is 0 Å². The van der Waals surface area contributed by atoms with Gasteiger partial charge in [-0.1, -0.05) is 17.7 Å². The van der Waals surface area contributed by atoms with Gasteiger partial charge in [-0.3, -0.25) is 4.79 Å². The van der Waals surface area contributed by atoms with E-state index in [2.05, 4.69) is 26.6 Å². The number of carbonyl (C=O) groups is 1. The van der Waals surface area contributed by atoms with Crippen molar-refractivity contribution in [2.24, 2.45) is 0 Å². The molecule has 0 fully saturated rings. The molecule has 0 heterocycles. The minimum atomic E-state index is -0.111. The number of rotatable bonds is 4. The Morgan fingerprint density at radius 1 is 1.20 bits per heavy atom. The van der Waals surface area contributed by atoms with E-state index in [1.165, 1.54) is 0 Å². The molecule has 0 aliphatic heterocycles. The van der Waals surface area contributed by atoms with Crippen LogP contribution in [0.1, 0.15) is 5.56 Å². The number of amides is 1. The predicted octanol–water partition coefficient (Wildman–Crippen LogP) is 4.46. The first-order valence-corrected chi connectivity index (χ1v) is 7.27. The average Bonchev–Trinajstić information content (AvgIpc) is 2.40. The van der Waals surface area contributed by atoms with Crippen molar-refractivity contribution in [2.45, 2.75) is 6.92 Å². The van der Waals surface area contributed by atoms with Crippen molar-refractivity contribution in [1.29, 1.82) is 0 Å². The van der Waals surface area contributed by atoms with Crippen LogP contribution >= 0.6 is 27.5 Å². The van der Waals surface area contributed by atoms with Crippen molar-refractivity contribution in [3.8, 4) is 0 Å². The molecule has 0 saturated heterocycles. The largest absolute Gasteiger partial charge is 0.375 e. The lowest BCUT2D eigenvalue weighted by molar-refractivity contribution is -0.114. The molecule has 0 aliphatic rings. The van der Waals surface area contributed by atoms with Gasteiger partial charge in [0.05, 0.1) is 6.54 Å². The molecule has 2 N–H and O–H groups in total. The van der Waals surface area contributed by atoms with E-state index in [-0.39, 0.29) is 12.5 Å². The van der Waals surface area contributed by atoms with Crippen molar-refractivity contribution in [3.63, 3.8) is 0 Å². The van der Waals surface area contributed by atoms with Gasteiger partial charge in [0, 0.05) is 20.9 Å². The molecule has 0 aromatic heterocycles. The molecule has 2 aromatic carbocycles. The second-order valence-corrected chi connectivity index (χ2v) is 5.68. The van der Waals surface area contributed by atoms with Gasteiger partial charge in [-0.2, -0.15) is 0 Å². The van der Waals surface area contributed by atoms with E-state index in [0.717, 1.165) is 21.4 Å². The van der Waals surface area contributed by atoms with E-state index < -0.39 is 0 Å². The summed E-state index contributed by atoms with van der Waals surface area (Å²) in [6.45, 7) is 2.21. The number of hydrogen-bond donors (Lipinski definition) is 2. The third-order valence-corrected chi connectivity index (χ3v) is 3.60. The zero-order valence-electron chi connectivity index (χ0n) is 10.9. The molecule has 20 heavy (non-hydrogen) atoms. The maximum Gasteiger partial charge on any atom is 0.243 e. The van der Waals surface area contributed by atoms with Crippen LogP contribution in [0.15, 0.2) is 46.9 Å². The van der Waals surface area contributed by atoms with Gasteiger partial charge in [0.2, 0.25) is 5.91 Å². The lowest BCUT2D eigenvalue weighted by Crippen LogP contribution is -2.21. The summed E-state index contributed by atoms with van der Waals surface area (Å²) in [4.78, 5) is 11.8. The molecule has 1 amide bonds. The number of hydrogen-bond acceptors (Lipinski definition) is 2. The number of halogens is 2. The zero-order chi connectivity index (χ0) is 14.5. The van der Waals surface area contributed by atoms with Crippen molar-refractivity contribution in [2.75, 3.05) is 17.2 Å². The Labute approximate surface area is 131 Å². The Morgan fingerprint density at radius 3 is 2.55 bits per heavy atom. The van der Waals surface area contributed by atoms with Crippen molar-refractivity contribution in [1.82, 2.24) is 0 Å². The third-order valence-electron chi connectivity index (χ3n) is 2.69. The van der Waals surface area contributed by atoms with Crippen molar-refractivity contribution < 1.29 is 4.79 Å². The molecule has 2 aromatic rings. The minimum absolute atomic E-state index is 0.111. The molecular formula is C15H14BrClN2O. The highest BCUT2D eigenvalue weighted by molar-refractivity contribution is 9.10. The predicted molar refractivity (Wildman–Crippen MR) is 87.5 cm³/mol. The fraction of sp³-hybridized carbons (Fsp3) is 0.133. The van der Waals surface area contributed by atoms with Gasteiger partial charge < -0.3 is 10.6 Å². The van der Waals surface area contributed by atoms with Crippen LogP contribution in [-0.2, 0) is 4.79 Å². The van der Waals surface area contributed by atoms with E-state index >= 15 is 0 Å². The first-order valence-electron chi connectivity index (χ1n) is 6.10. The Bertz CT molecular complexity index is 614. The molecule has 0 atom stereocenters. The van der Waals surface area contributed by atoms with E-state index in [0.29, 0.717) is 5.02 Å². The lowest BCUT2D eigenvalue weighted by atomic mass is 10.2. The molecule has 0 bridgehead atoms.